The lowest BCUT2D eigenvalue weighted by molar-refractivity contribution is -0.137. The summed E-state index contributed by atoms with van der Waals surface area (Å²) in [4.78, 5) is 31.9. The molecule has 8 nitrogen and oxygen atoms in total. The summed E-state index contributed by atoms with van der Waals surface area (Å²) in [5.74, 6) is 1.37. The number of amides is 3. The molecule has 194 valence electrons. The number of nitrogens with zero attached hydrogens (tertiary/aromatic N) is 3. The number of imide groups is 1. The first-order valence-corrected chi connectivity index (χ1v) is 11.3. The molecule has 1 aromatic heterocycles. The molecule has 0 N–H and O–H groups in total. The molecule has 4 aromatic rings. The molecule has 0 spiro atoms. The average molecular weight is 523 g/mol. The van der Waals surface area contributed by atoms with Crippen LogP contribution in [-0.4, -0.2) is 37.7 Å². The van der Waals surface area contributed by atoms with Crippen LogP contribution in [0.4, 0.5) is 29.3 Å². The van der Waals surface area contributed by atoms with Gasteiger partial charge in [-0.3, -0.25) is 14.7 Å². The lowest BCUT2D eigenvalue weighted by atomic mass is 10.2. The van der Waals surface area contributed by atoms with Gasteiger partial charge in [0.15, 0.2) is 11.5 Å². The summed E-state index contributed by atoms with van der Waals surface area (Å²) in [6.45, 7) is -0.382. The lowest BCUT2D eigenvalue weighted by Crippen LogP contribution is -2.33. The summed E-state index contributed by atoms with van der Waals surface area (Å²) in [6, 6.07) is 14.9. The number of carbonyl (C=O) groups excluding carboxylic acids is 2. The molecule has 0 radical (unpaired) electrons. The molecule has 0 bridgehead atoms. The van der Waals surface area contributed by atoms with Crippen molar-refractivity contribution in [2.75, 3.05) is 30.6 Å². The first-order chi connectivity index (χ1) is 18.2. The monoisotopic (exact) mass is 523 g/mol. The van der Waals surface area contributed by atoms with E-state index in [2.05, 4.69) is 4.98 Å². The fourth-order valence-corrected chi connectivity index (χ4v) is 4.13. The van der Waals surface area contributed by atoms with Crippen LogP contribution < -0.4 is 24.0 Å². The molecule has 0 atom stereocenters. The topological polar surface area (TPSA) is 81.2 Å². The van der Waals surface area contributed by atoms with Crippen molar-refractivity contribution in [1.29, 1.82) is 0 Å². The fourth-order valence-electron chi connectivity index (χ4n) is 4.13. The van der Waals surface area contributed by atoms with Gasteiger partial charge in [-0.25, -0.2) is 9.69 Å². The van der Waals surface area contributed by atoms with Crippen molar-refractivity contribution in [3.8, 4) is 23.0 Å². The van der Waals surface area contributed by atoms with Crippen LogP contribution in [0.2, 0.25) is 0 Å². The van der Waals surface area contributed by atoms with Crippen molar-refractivity contribution in [1.82, 2.24) is 4.98 Å². The van der Waals surface area contributed by atoms with Crippen LogP contribution in [0.3, 0.4) is 0 Å². The summed E-state index contributed by atoms with van der Waals surface area (Å²) in [5, 5.41) is 0.677. The third-order valence-corrected chi connectivity index (χ3v) is 5.98. The molecule has 0 saturated carbocycles. The van der Waals surface area contributed by atoms with Crippen LogP contribution >= 0.6 is 0 Å². The average Bonchev–Trinajstić information content (AvgIpc) is 3.21. The molecule has 1 aliphatic rings. The smallest absolute Gasteiger partial charge is 0.416 e. The maximum absolute atomic E-state index is 13.1. The summed E-state index contributed by atoms with van der Waals surface area (Å²) in [6.07, 6.45) is -2.99. The first-order valence-electron chi connectivity index (χ1n) is 11.3. The van der Waals surface area contributed by atoms with Crippen LogP contribution in [0.5, 0.6) is 23.0 Å². The van der Waals surface area contributed by atoms with Crippen molar-refractivity contribution in [2.24, 2.45) is 0 Å². The van der Waals surface area contributed by atoms with Crippen molar-refractivity contribution < 1.29 is 37.0 Å². The van der Waals surface area contributed by atoms with Gasteiger partial charge < -0.3 is 14.2 Å². The molecular weight excluding hydrogens is 503 g/mol. The highest BCUT2D eigenvalue weighted by atomic mass is 19.4. The number of methoxy groups -OCH3 is 2. The Morgan fingerprint density at radius 2 is 1.55 bits per heavy atom. The van der Waals surface area contributed by atoms with Gasteiger partial charge in [0.25, 0.3) is 5.91 Å². The summed E-state index contributed by atoms with van der Waals surface area (Å²) >= 11 is 0. The van der Waals surface area contributed by atoms with Gasteiger partial charge in [0, 0.05) is 23.3 Å². The van der Waals surface area contributed by atoms with Gasteiger partial charge in [0.05, 0.1) is 31.0 Å². The standard InChI is InChI=1S/C27H20F3N3O5/c1-36-23-13-20-21(14-24(23)37-2)31-11-10-22(20)38-19-8-6-17(7-9-19)33-25(34)15-32(26(33)35)18-5-3-4-16(12-18)27(28,29)30/h3-14H,15H2,1-2H3. The minimum absolute atomic E-state index is 0.0164. The Morgan fingerprint density at radius 3 is 2.24 bits per heavy atom. The van der Waals surface area contributed by atoms with Gasteiger partial charge >= 0.3 is 12.2 Å². The van der Waals surface area contributed by atoms with E-state index in [-0.39, 0.29) is 17.9 Å². The number of alkyl halides is 3. The van der Waals surface area contributed by atoms with E-state index in [9.17, 15) is 22.8 Å². The Hall–Kier alpha value is -4.80. The zero-order valence-corrected chi connectivity index (χ0v) is 20.2. The largest absolute Gasteiger partial charge is 0.493 e. The van der Waals surface area contributed by atoms with E-state index in [1.807, 2.05) is 0 Å². The highest BCUT2D eigenvalue weighted by Crippen LogP contribution is 2.38. The number of halogens is 3. The number of ether oxygens (including phenoxy) is 3. The molecule has 5 rings (SSSR count). The van der Waals surface area contributed by atoms with Crippen molar-refractivity contribution in [2.45, 2.75) is 6.18 Å². The van der Waals surface area contributed by atoms with Gasteiger partial charge in [-0.1, -0.05) is 6.07 Å². The Bertz CT molecular complexity index is 1540. The number of fused-ring (bicyclic) bond motifs is 1. The molecule has 11 heteroatoms. The summed E-state index contributed by atoms with van der Waals surface area (Å²) in [5.41, 5.74) is -0.0420. The van der Waals surface area contributed by atoms with Crippen LogP contribution in [-0.2, 0) is 11.0 Å². The Balaban J connectivity index is 1.38. The van der Waals surface area contributed by atoms with Gasteiger partial charge in [0.2, 0.25) is 0 Å². The Kier molecular flexibility index (Phi) is 6.27. The summed E-state index contributed by atoms with van der Waals surface area (Å²) in [7, 11) is 3.05. The SMILES string of the molecule is COc1cc2nccc(Oc3ccc(N4C(=O)CN(c5cccc(C(F)(F)F)c5)C4=O)cc3)c2cc1OC. The van der Waals surface area contributed by atoms with Crippen LogP contribution in [0.1, 0.15) is 5.56 Å². The number of anilines is 2. The van der Waals surface area contributed by atoms with Gasteiger partial charge in [-0.15, -0.1) is 0 Å². The fraction of sp³-hybridized carbons (Fsp3) is 0.148. The summed E-state index contributed by atoms with van der Waals surface area (Å²) < 4.78 is 56.1. The lowest BCUT2D eigenvalue weighted by Gasteiger charge is -2.18. The number of aromatic nitrogens is 1. The third-order valence-electron chi connectivity index (χ3n) is 5.98. The van der Waals surface area contributed by atoms with E-state index in [1.165, 1.54) is 38.5 Å². The minimum atomic E-state index is -4.57. The van der Waals surface area contributed by atoms with E-state index in [0.717, 1.165) is 21.9 Å². The Morgan fingerprint density at radius 1 is 0.842 bits per heavy atom. The van der Waals surface area contributed by atoms with E-state index < -0.39 is 23.7 Å². The second-order valence-electron chi connectivity index (χ2n) is 8.28. The molecular formula is C27H20F3N3O5. The Labute approximate surface area is 214 Å². The predicted molar refractivity (Wildman–Crippen MR) is 133 cm³/mol. The predicted octanol–water partition coefficient (Wildman–Crippen LogP) is 6.04. The number of carbonyl (C=O) groups is 2. The van der Waals surface area contributed by atoms with Crippen molar-refractivity contribution in [3.63, 3.8) is 0 Å². The van der Waals surface area contributed by atoms with E-state index >= 15 is 0 Å². The van der Waals surface area contributed by atoms with E-state index in [0.29, 0.717) is 33.9 Å². The molecule has 1 fully saturated rings. The normalized spacial score (nSPS) is 13.8. The molecule has 2 heterocycles. The quantitative estimate of drug-likeness (QED) is 0.287. The maximum Gasteiger partial charge on any atom is 0.416 e. The zero-order valence-electron chi connectivity index (χ0n) is 20.2. The molecule has 1 saturated heterocycles. The molecule has 3 aromatic carbocycles. The van der Waals surface area contributed by atoms with Crippen LogP contribution in [0, 0.1) is 0 Å². The first kappa shape index (κ1) is 24.9. The van der Waals surface area contributed by atoms with Gasteiger partial charge in [-0.05, 0) is 54.6 Å². The van der Waals surface area contributed by atoms with E-state index in [4.69, 9.17) is 14.2 Å². The highest BCUT2D eigenvalue weighted by Gasteiger charge is 2.39. The second-order valence-corrected chi connectivity index (χ2v) is 8.28. The number of pyridine rings is 1. The third kappa shape index (κ3) is 4.54. The van der Waals surface area contributed by atoms with Crippen molar-refractivity contribution >= 4 is 34.2 Å². The van der Waals surface area contributed by atoms with Crippen LogP contribution in [0.15, 0.2) is 72.9 Å². The zero-order chi connectivity index (χ0) is 27.0. The molecule has 0 unspecified atom stereocenters. The number of benzene rings is 3. The van der Waals surface area contributed by atoms with Crippen LogP contribution in [0.25, 0.3) is 10.9 Å². The number of hydrogen-bond donors (Lipinski definition) is 0. The molecule has 1 aliphatic heterocycles. The highest BCUT2D eigenvalue weighted by molar-refractivity contribution is 6.26. The van der Waals surface area contributed by atoms with Gasteiger partial charge in [0.1, 0.15) is 18.0 Å². The minimum Gasteiger partial charge on any atom is -0.493 e. The number of urea groups is 1. The molecule has 38 heavy (non-hydrogen) atoms. The number of hydrogen-bond acceptors (Lipinski definition) is 6. The van der Waals surface area contributed by atoms with E-state index in [1.54, 1.807) is 36.5 Å². The second kappa shape index (κ2) is 9.58. The van der Waals surface area contributed by atoms with Gasteiger partial charge in [-0.2, -0.15) is 13.2 Å². The molecule has 3 amide bonds. The number of rotatable bonds is 6. The molecule has 0 aliphatic carbocycles. The maximum atomic E-state index is 13.1. The van der Waals surface area contributed by atoms with Crippen molar-refractivity contribution in [3.05, 3.63) is 78.5 Å².